The second kappa shape index (κ2) is 17.9. The molecule has 0 spiro atoms. The van der Waals surface area contributed by atoms with E-state index >= 15 is 0 Å². The van der Waals surface area contributed by atoms with Crippen LogP contribution in [-0.2, 0) is 29.9 Å². The molecule has 5 atom stereocenters. The summed E-state index contributed by atoms with van der Waals surface area (Å²) in [6, 6.07) is 5.10. The molecule has 0 aliphatic carbocycles. The van der Waals surface area contributed by atoms with Gasteiger partial charge in [0.1, 0.15) is 23.3 Å². The number of nitrogens with two attached hydrogens (primary N) is 2. The monoisotopic (exact) mass is 738 g/mol. The quantitative estimate of drug-likeness (QED) is 0.0506. The number of thiazole rings is 1. The van der Waals surface area contributed by atoms with Crippen molar-refractivity contribution in [2.75, 3.05) is 25.9 Å². The Morgan fingerprint density at radius 2 is 2.12 bits per heavy atom. The van der Waals surface area contributed by atoms with E-state index in [0.717, 1.165) is 33.4 Å². The number of β-lactam (4-membered cyclic amide) rings is 1. The number of fused-ring (bicyclic) bond motifs is 1. The number of carboxylic acids is 1. The third kappa shape index (κ3) is 9.08. The summed E-state index contributed by atoms with van der Waals surface area (Å²) in [6.45, 7) is 9.56. The molecule has 1 aromatic carbocycles. The van der Waals surface area contributed by atoms with Crippen LogP contribution in [0.4, 0.5) is 5.13 Å². The number of nitrogens with one attached hydrogen (secondary N) is 2. The maximum absolute atomic E-state index is 12.2. The summed E-state index contributed by atoms with van der Waals surface area (Å²) in [5, 5.41) is 32.0. The molecule has 17 nitrogen and oxygen atoms in total. The number of aldehydes is 1. The van der Waals surface area contributed by atoms with Gasteiger partial charge >= 0.3 is 5.97 Å². The number of aryl methyl sites for hydroxylation is 1. The number of carbonyl (C=O) groups excluding carboxylic acids is 2. The van der Waals surface area contributed by atoms with Crippen LogP contribution in [0.3, 0.4) is 0 Å². The number of amides is 1. The number of ether oxygens (including phenoxy) is 1. The zero-order valence-corrected chi connectivity index (χ0v) is 30.4. The van der Waals surface area contributed by atoms with E-state index in [-0.39, 0.29) is 59.5 Å². The Bertz CT molecular complexity index is 1560. The molecule has 5 rings (SSSR count). The van der Waals surface area contributed by atoms with Crippen LogP contribution in [0.5, 0.6) is 5.75 Å². The summed E-state index contributed by atoms with van der Waals surface area (Å²) in [4.78, 5) is 48.8. The van der Waals surface area contributed by atoms with Crippen molar-refractivity contribution in [1.82, 2.24) is 20.7 Å². The Hall–Kier alpha value is -3.85. The fourth-order valence-corrected chi connectivity index (χ4v) is 6.36. The van der Waals surface area contributed by atoms with Gasteiger partial charge in [-0.05, 0) is 70.8 Å². The minimum atomic E-state index is -1.86. The molecule has 1 amide bonds. The number of aliphatic carboxylic acids is 1. The molecule has 2 aromatic rings. The first-order valence-electron chi connectivity index (χ1n) is 15.9. The lowest BCUT2D eigenvalue weighted by Gasteiger charge is -2.50. The largest absolute Gasteiger partial charge is 0.485 e. The van der Waals surface area contributed by atoms with Crippen molar-refractivity contribution in [3.63, 3.8) is 0 Å². The molecular formula is C31H46N8O9S2. The highest BCUT2D eigenvalue weighted by atomic mass is 32.2. The SMILES string of the molecule is CC.CC(O/N=C(\C=O)c1csc(N)n1)(C(=O)O)C1CCc2cc(C3=NCC(CC(N)CO)N3)ccc2O1.CNC1C(=O)N(OSO)C1(C)C. The van der Waals surface area contributed by atoms with Crippen molar-refractivity contribution in [3.05, 3.63) is 40.4 Å². The standard InChI is InChI=1S/C23H28N6O6S.C6H12N2O3S.C2H6/c1-23(21(32)33,35-29-16(10-31)17-11-36-22(25)28-17)19-5-3-12-6-13(2-4-18(12)34-19)20-26-8-15(27-20)7-14(24)9-30;1-6(2)4(7-3)5(9)8(6)11-12-10;1-2/h2,4,6,10-11,14-15,19,30H,3,5,7-9,24H2,1H3,(H2,25,28)(H,26,27)(H,32,33);4,7,10H,1-3H3;1-2H3/b29-16+;;. The maximum Gasteiger partial charge on any atom is 0.354 e. The summed E-state index contributed by atoms with van der Waals surface area (Å²) in [7, 11) is 1.72. The van der Waals surface area contributed by atoms with E-state index in [2.05, 4.69) is 30.0 Å². The molecule has 5 unspecified atom stereocenters. The minimum Gasteiger partial charge on any atom is -0.485 e. The number of rotatable bonds is 13. The zero-order chi connectivity index (χ0) is 37.2. The van der Waals surface area contributed by atoms with Crippen LogP contribution in [0, 0.1) is 0 Å². The first-order valence-corrected chi connectivity index (χ1v) is 17.5. The molecule has 3 aliphatic heterocycles. The van der Waals surface area contributed by atoms with E-state index in [1.807, 2.05) is 39.8 Å². The van der Waals surface area contributed by atoms with Gasteiger partial charge in [-0.3, -0.25) is 14.6 Å². The zero-order valence-electron chi connectivity index (χ0n) is 28.8. The van der Waals surface area contributed by atoms with Crippen molar-refractivity contribution in [2.45, 2.75) is 89.3 Å². The molecule has 1 fully saturated rings. The van der Waals surface area contributed by atoms with E-state index in [9.17, 15) is 24.6 Å². The van der Waals surface area contributed by atoms with Crippen LogP contribution in [0.15, 0.2) is 33.7 Å². The van der Waals surface area contributed by atoms with E-state index in [1.165, 1.54) is 12.3 Å². The van der Waals surface area contributed by atoms with Gasteiger partial charge in [0.05, 0.1) is 18.7 Å². The van der Waals surface area contributed by atoms with Gasteiger partial charge in [0.25, 0.3) is 11.5 Å². The van der Waals surface area contributed by atoms with Crippen LogP contribution in [0.2, 0.25) is 0 Å². The number of nitrogens with zero attached hydrogens (tertiary/aromatic N) is 4. The average molecular weight is 739 g/mol. The summed E-state index contributed by atoms with van der Waals surface area (Å²) in [5.74, 6) is -0.164. The van der Waals surface area contributed by atoms with Crippen molar-refractivity contribution in [1.29, 1.82) is 0 Å². The lowest BCUT2D eigenvalue weighted by Crippen LogP contribution is -2.74. The van der Waals surface area contributed by atoms with Crippen LogP contribution >= 0.6 is 23.7 Å². The Kier molecular flexibility index (Phi) is 14.5. The number of likely N-dealkylation sites (N-methyl/N-ethyl adjacent to an activating group) is 1. The van der Waals surface area contributed by atoms with Gasteiger partial charge < -0.3 is 46.4 Å². The van der Waals surface area contributed by atoms with Crippen LogP contribution in [0.25, 0.3) is 0 Å². The number of aliphatic hydroxyl groups excluding tert-OH is 1. The molecule has 4 heterocycles. The molecule has 0 saturated carbocycles. The second-order valence-corrected chi connectivity index (χ2v) is 13.2. The number of anilines is 1. The normalized spacial score (nSPS) is 22.4. The number of hydroxylamine groups is 2. The third-order valence-electron chi connectivity index (χ3n) is 8.25. The van der Waals surface area contributed by atoms with Crippen LogP contribution < -0.4 is 26.8 Å². The lowest BCUT2D eigenvalue weighted by molar-refractivity contribution is -0.213. The molecule has 1 saturated heterocycles. The highest BCUT2D eigenvalue weighted by Gasteiger charge is 2.55. The van der Waals surface area contributed by atoms with E-state index in [4.69, 9.17) is 25.6 Å². The number of benzene rings is 1. The topological polar surface area (TPSA) is 257 Å². The van der Waals surface area contributed by atoms with E-state index < -0.39 is 23.2 Å². The van der Waals surface area contributed by atoms with Crippen LogP contribution in [0.1, 0.15) is 64.3 Å². The number of amidine groups is 1. The van der Waals surface area contributed by atoms with Crippen molar-refractivity contribution in [3.8, 4) is 5.75 Å². The van der Waals surface area contributed by atoms with E-state index in [1.54, 1.807) is 13.1 Å². The molecule has 0 radical (unpaired) electrons. The molecule has 19 heteroatoms. The number of aromatic nitrogens is 1. The molecule has 9 N–H and O–H groups in total. The summed E-state index contributed by atoms with van der Waals surface area (Å²) in [5.41, 5.74) is 11.0. The van der Waals surface area contributed by atoms with Gasteiger partial charge in [0.15, 0.2) is 35.6 Å². The van der Waals surface area contributed by atoms with Crippen molar-refractivity contribution in [2.24, 2.45) is 15.9 Å². The minimum absolute atomic E-state index is 0.0600. The van der Waals surface area contributed by atoms with Gasteiger partial charge in [-0.1, -0.05) is 19.0 Å². The fraction of sp³-hybridized carbons (Fsp3) is 0.548. The third-order valence-corrected chi connectivity index (χ3v) is 9.14. The number of hydrogen-bond donors (Lipinski definition) is 7. The lowest BCUT2D eigenvalue weighted by atomic mass is 9.85. The second-order valence-electron chi connectivity index (χ2n) is 12.0. The molecular weight excluding hydrogens is 693 g/mol. The smallest absolute Gasteiger partial charge is 0.354 e. The number of hydrogen-bond acceptors (Lipinski definition) is 17. The van der Waals surface area contributed by atoms with Crippen molar-refractivity contribution < 1.29 is 43.0 Å². The molecule has 0 bridgehead atoms. The molecule has 1 aromatic heterocycles. The number of oxime groups is 1. The van der Waals surface area contributed by atoms with Gasteiger partial charge in [0, 0.05) is 23.0 Å². The highest BCUT2D eigenvalue weighted by Crippen LogP contribution is 2.35. The number of aliphatic hydroxyl groups is 1. The number of aliphatic imine (C=N–C) groups is 1. The highest BCUT2D eigenvalue weighted by molar-refractivity contribution is 7.88. The summed E-state index contributed by atoms with van der Waals surface area (Å²) < 4.78 is 19.1. The summed E-state index contributed by atoms with van der Waals surface area (Å²) >= 11 is 1.31. The fourth-order valence-electron chi connectivity index (χ4n) is 5.47. The van der Waals surface area contributed by atoms with E-state index in [0.29, 0.717) is 37.8 Å². The first-order chi connectivity index (χ1) is 23.8. The molecule has 50 heavy (non-hydrogen) atoms. The molecule has 276 valence electrons. The van der Waals surface area contributed by atoms with Gasteiger partial charge in [-0.15, -0.1) is 11.3 Å². The number of nitrogen functional groups attached to an aromatic ring is 1. The Morgan fingerprint density at radius 3 is 2.68 bits per heavy atom. The average Bonchev–Trinajstić information content (AvgIpc) is 3.77. The van der Waals surface area contributed by atoms with Gasteiger partial charge in [-0.2, -0.15) is 9.35 Å². The predicted molar refractivity (Wildman–Crippen MR) is 190 cm³/mol. The Balaban J connectivity index is 0.000000406. The molecule has 3 aliphatic rings. The van der Waals surface area contributed by atoms with Gasteiger partial charge in [0.2, 0.25) is 0 Å². The number of carbonyl (C=O) groups is 3. The number of carboxylic acid groups (broad SMARTS) is 1. The predicted octanol–water partition coefficient (Wildman–Crippen LogP) is 1.58. The van der Waals surface area contributed by atoms with Crippen molar-refractivity contribution >= 4 is 58.5 Å². The van der Waals surface area contributed by atoms with Gasteiger partial charge in [-0.25, -0.2) is 9.78 Å². The Labute approximate surface area is 298 Å². The summed E-state index contributed by atoms with van der Waals surface area (Å²) in [6.07, 6.45) is 1.06. The first kappa shape index (κ1) is 40.6. The van der Waals surface area contributed by atoms with Crippen LogP contribution in [-0.4, -0.2) is 110 Å². The Morgan fingerprint density at radius 1 is 1.40 bits per heavy atom. The maximum atomic E-state index is 12.2.